The van der Waals surface area contributed by atoms with Gasteiger partial charge in [0, 0.05) is 5.56 Å². The van der Waals surface area contributed by atoms with Gasteiger partial charge in [-0.3, -0.25) is 0 Å². The first kappa shape index (κ1) is 9.92. The second kappa shape index (κ2) is 3.30. The summed E-state index contributed by atoms with van der Waals surface area (Å²) in [6.45, 7) is 0. The molecule has 13 heavy (non-hydrogen) atoms. The molecule has 1 N–H and O–H groups in total. The number of carboxylic acids is 1. The average molecular weight is 207 g/mol. The summed E-state index contributed by atoms with van der Waals surface area (Å²) in [6, 6.07) is 4.12. The molecule has 0 saturated carbocycles. The molecule has 0 aliphatic carbocycles. The van der Waals surface area contributed by atoms with E-state index in [1.54, 1.807) is 0 Å². The average Bonchev–Trinajstić information content (AvgIpc) is 2.03. The van der Waals surface area contributed by atoms with Crippen LogP contribution in [0.3, 0.4) is 0 Å². The summed E-state index contributed by atoms with van der Waals surface area (Å²) >= 11 is 4.71. The van der Waals surface area contributed by atoms with Crippen LogP contribution in [0.15, 0.2) is 24.3 Å². The van der Waals surface area contributed by atoms with Crippen molar-refractivity contribution >= 4 is 17.6 Å². The lowest BCUT2D eigenvalue weighted by Gasteiger charge is -2.07. The van der Waals surface area contributed by atoms with Crippen LogP contribution in [0.1, 0.15) is 15.9 Å². The van der Waals surface area contributed by atoms with E-state index in [-0.39, 0.29) is 5.56 Å². The van der Waals surface area contributed by atoms with E-state index < -0.39 is 16.9 Å². The van der Waals surface area contributed by atoms with E-state index in [1.165, 1.54) is 0 Å². The van der Waals surface area contributed by atoms with Crippen LogP contribution in [0.25, 0.3) is 0 Å². The first-order chi connectivity index (χ1) is 5.91. The molecule has 0 heterocycles. The van der Waals surface area contributed by atoms with Gasteiger partial charge < -0.3 is 5.11 Å². The van der Waals surface area contributed by atoms with E-state index in [0.717, 1.165) is 24.3 Å². The third-order valence-electron chi connectivity index (χ3n) is 1.46. The van der Waals surface area contributed by atoms with E-state index in [2.05, 4.69) is 0 Å². The van der Waals surface area contributed by atoms with Crippen LogP contribution in [0.4, 0.5) is 8.78 Å². The summed E-state index contributed by atoms with van der Waals surface area (Å²) in [6.07, 6.45) is 0. The molecule has 0 atom stereocenters. The van der Waals surface area contributed by atoms with Crippen molar-refractivity contribution in [3.8, 4) is 0 Å². The van der Waals surface area contributed by atoms with Gasteiger partial charge in [0.2, 0.25) is 0 Å². The lowest BCUT2D eigenvalue weighted by molar-refractivity contribution is 0.0695. The summed E-state index contributed by atoms with van der Waals surface area (Å²) in [4.78, 5) is 10.3. The molecule has 0 aromatic heterocycles. The zero-order valence-electron chi connectivity index (χ0n) is 6.30. The maximum Gasteiger partial charge on any atom is 0.348 e. The highest BCUT2D eigenvalue weighted by Crippen LogP contribution is 2.31. The van der Waals surface area contributed by atoms with E-state index >= 15 is 0 Å². The van der Waals surface area contributed by atoms with Crippen LogP contribution in [-0.4, -0.2) is 11.1 Å². The highest BCUT2D eigenvalue weighted by molar-refractivity contribution is 6.21. The molecule has 0 bridgehead atoms. The summed E-state index contributed by atoms with van der Waals surface area (Å²) in [7, 11) is 0. The molecule has 0 saturated heterocycles. The lowest BCUT2D eigenvalue weighted by Crippen LogP contribution is -2.04. The number of carbonyl (C=O) groups is 1. The van der Waals surface area contributed by atoms with Gasteiger partial charge in [0.05, 0.1) is 5.56 Å². The zero-order valence-corrected chi connectivity index (χ0v) is 7.05. The van der Waals surface area contributed by atoms with Crippen LogP contribution >= 0.6 is 11.6 Å². The van der Waals surface area contributed by atoms with Gasteiger partial charge in [-0.2, -0.15) is 8.78 Å². The van der Waals surface area contributed by atoms with Crippen LogP contribution in [0, 0.1) is 0 Å². The predicted molar refractivity (Wildman–Crippen MR) is 43.1 cm³/mol. The van der Waals surface area contributed by atoms with Gasteiger partial charge in [0.1, 0.15) is 0 Å². The minimum Gasteiger partial charge on any atom is -0.478 e. The Morgan fingerprint density at radius 1 is 1.31 bits per heavy atom. The second-order valence-corrected chi connectivity index (χ2v) is 2.85. The minimum atomic E-state index is -3.45. The van der Waals surface area contributed by atoms with Crippen molar-refractivity contribution in [3.05, 3.63) is 35.4 Å². The molecule has 0 fully saturated rings. The Labute approximate surface area is 77.8 Å². The zero-order chi connectivity index (χ0) is 10.1. The van der Waals surface area contributed by atoms with Crippen molar-refractivity contribution in [1.29, 1.82) is 0 Å². The topological polar surface area (TPSA) is 37.3 Å². The summed E-state index contributed by atoms with van der Waals surface area (Å²) in [5.74, 6) is -1.16. The predicted octanol–water partition coefficient (Wildman–Crippen LogP) is 2.67. The standard InChI is InChI=1S/C8H5ClF2O2/c9-8(10,11)6-3-1-5(2-4-6)7(12)13/h1-4H,(H,12,13). The van der Waals surface area contributed by atoms with E-state index in [4.69, 9.17) is 16.7 Å². The molecule has 0 aliphatic heterocycles. The molecule has 1 aromatic rings. The lowest BCUT2D eigenvalue weighted by atomic mass is 10.1. The second-order valence-electron chi connectivity index (χ2n) is 2.38. The number of hydrogen-bond acceptors (Lipinski definition) is 1. The Hall–Kier alpha value is -1.16. The third-order valence-corrected chi connectivity index (χ3v) is 1.68. The highest BCUT2D eigenvalue weighted by atomic mass is 35.5. The Morgan fingerprint density at radius 2 is 1.77 bits per heavy atom. The van der Waals surface area contributed by atoms with Crippen LogP contribution in [0.2, 0.25) is 0 Å². The van der Waals surface area contributed by atoms with Gasteiger partial charge in [0.15, 0.2) is 0 Å². The van der Waals surface area contributed by atoms with Crippen molar-refractivity contribution in [2.45, 2.75) is 5.38 Å². The number of aromatic carboxylic acids is 1. The van der Waals surface area contributed by atoms with Crippen molar-refractivity contribution in [1.82, 2.24) is 0 Å². The molecular formula is C8H5ClF2O2. The number of halogens is 3. The van der Waals surface area contributed by atoms with Gasteiger partial charge in [-0.1, -0.05) is 12.1 Å². The van der Waals surface area contributed by atoms with Crippen LogP contribution in [0.5, 0.6) is 0 Å². The van der Waals surface area contributed by atoms with Gasteiger partial charge in [-0.05, 0) is 23.7 Å². The molecule has 1 rings (SSSR count). The molecule has 0 aliphatic rings. The van der Waals surface area contributed by atoms with Gasteiger partial charge in [-0.15, -0.1) is 0 Å². The minimum absolute atomic E-state index is 0.0512. The van der Waals surface area contributed by atoms with Crippen molar-refractivity contribution in [2.24, 2.45) is 0 Å². The Morgan fingerprint density at radius 3 is 2.08 bits per heavy atom. The van der Waals surface area contributed by atoms with Crippen LogP contribution in [-0.2, 0) is 5.38 Å². The summed E-state index contributed by atoms with van der Waals surface area (Å²) < 4.78 is 24.8. The number of carboxylic acid groups (broad SMARTS) is 1. The molecule has 0 unspecified atom stereocenters. The fraction of sp³-hybridized carbons (Fsp3) is 0.125. The van der Waals surface area contributed by atoms with Crippen molar-refractivity contribution < 1.29 is 18.7 Å². The fourth-order valence-electron chi connectivity index (χ4n) is 0.802. The Kier molecular flexibility index (Phi) is 2.52. The Balaban J connectivity index is 3.01. The summed E-state index contributed by atoms with van der Waals surface area (Å²) in [5, 5.41) is 5.01. The quantitative estimate of drug-likeness (QED) is 0.756. The first-order valence-electron chi connectivity index (χ1n) is 3.32. The SMILES string of the molecule is O=C(O)c1ccc(C(F)(F)Cl)cc1. The fourth-order valence-corrected chi connectivity index (χ4v) is 0.928. The molecule has 1 aromatic carbocycles. The third kappa shape index (κ3) is 2.39. The van der Waals surface area contributed by atoms with Gasteiger partial charge >= 0.3 is 11.4 Å². The molecular weight excluding hydrogens is 202 g/mol. The van der Waals surface area contributed by atoms with E-state index in [1.807, 2.05) is 0 Å². The monoisotopic (exact) mass is 206 g/mol. The smallest absolute Gasteiger partial charge is 0.348 e. The maximum absolute atomic E-state index is 12.4. The van der Waals surface area contributed by atoms with Crippen molar-refractivity contribution in [3.63, 3.8) is 0 Å². The summed E-state index contributed by atoms with van der Waals surface area (Å²) in [5.41, 5.74) is -0.469. The van der Waals surface area contributed by atoms with Gasteiger partial charge in [0.25, 0.3) is 0 Å². The van der Waals surface area contributed by atoms with E-state index in [9.17, 15) is 13.6 Å². The van der Waals surface area contributed by atoms with E-state index in [0.29, 0.717) is 0 Å². The maximum atomic E-state index is 12.4. The molecule has 2 nitrogen and oxygen atoms in total. The molecule has 0 amide bonds. The number of hydrogen-bond donors (Lipinski definition) is 1. The highest BCUT2D eigenvalue weighted by Gasteiger charge is 2.27. The molecule has 0 radical (unpaired) electrons. The first-order valence-corrected chi connectivity index (χ1v) is 3.69. The van der Waals surface area contributed by atoms with Crippen LogP contribution < -0.4 is 0 Å². The Bertz CT molecular complexity index is 316. The number of alkyl halides is 3. The molecule has 70 valence electrons. The van der Waals surface area contributed by atoms with Crippen molar-refractivity contribution in [2.75, 3.05) is 0 Å². The normalized spacial score (nSPS) is 11.3. The molecule has 0 spiro atoms. The number of benzene rings is 1. The van der Waals surface area contributed by atoms with Gasteiger partial charge in [-0.25, -0.2) is 4.79 Å². The largest absolute Gasteiger partial charge is 0.478 e. The number of rotatable bonds is 2. The molecule has 5 heteroatoms.